The van der Waals surface area contributed by atoms with Crippen LogP contribution in [-0.2, 0) is 11.2 Å². The normalized spacial score (nSPS) is 12.1. The largest absolute Gasteiger partial charge is 0.462 e. The standard InChI is InChI=1S/C21H19NO5S2/c1-3-25-21(24)18-12(2)17(10-13-6-7-14-15(9-13)27-11-26-14)29-20(18)22-19(23)16-5-4-8-28-16/h4-9H,3,10-11H2,1-2H3,(H,22,23). The fraction of sp³-hybridized carbons (Fsp3) is 0.238. The van der Waals surface area contributed by atoms with Gasteiger partial charge in [0.25, 0.3) is 5.91 Å². The van der Waals surface area contributed by atoms with E-state index in [1.807, 2.05) is 36.6 Å². The van der Waals surface area contributed by atoms with Gasteiger partial charge in [-0.2, -0.15) is 0 Å². The Morgan fingerprint density at radius 2 is 2.03 bits per heavy atom. The zero-order chi connectivity index (χ0) is 20.4. The van der Waals surface area contributed by atoms with Crippen LogP contribution < -0.4 is 14.8 Å². The first kappa shape index (κ1) is 19.5. The van der Waals surface area contributed by atoms with Crippen LogP contribution in [0, 0.1) is 6.92 Å². The summed E-state index contributed by atoms with van der Waals surface area (Å²) < 4.78 is 16.0. The summed E-state index contributed by atoms with van der Waals surface area (Å²) in [5, 5.41) is 5.23. The lowest BCUT2D eigenvalue weighted by atomic mass is 10.1. The molecule has 1 N–H and O–H groups in total. The van der Waals surface area contributed by atoms with E-state index in [4.69, 9.17) is 14.2 Å². The minimum atomic E-state index is -0.431. The van der Waals surface area contributed by atoms with Crippen molar-refractivity contribution in [3.63, 3.8) is 0 Å². The molecule has 0 fully saturated rings. The highest BCUT2D eigenvalue weighted by molar-refractivity contribution is 7.17. The summed E-state index contributed by atoms with van der Waals surface area (Å²) in [6, 6.07) is 9.36. The molecule has 150 valence electrons. The fourth-order valence-electron chi connectivity index (χ4n) is 3.08. The summed E-state index contributed by atoms with van der Waals surface area (Å²) in [6.45, 7) is 4.13. The number of carbonyl (C=O) groups excluding carboxylic acids is 2. The van der Waals surface area contributed by atoms with Crippen molar-refractivity contribution in [2.75, 3.05) is 18.7 Å². The first-order chi connectivity index (χ1) is 14.1. The SMILES string of the molecule is CCOC(=O)c1c(NC(=O)c2cccs2)sc(Cc2ccc3c(c2)OCO3)c1C. The van der Waals surface area contributed by atoms with Crippen molar-refractivity contribution in [1.82, 2.24) is 0 Å². The number of carbonyl (C=O) groups is 2. The number of rotatable bonds is 6. The molecule has 0 saturated carbocycles. The van der Waals surface area contributed by atoms with E-state index < -0.39 is 5.97 Å². The highest BCUT2D eigenvalue weighted by Crippen LogP contribution is 2.38. The third kappa shape index (κ3) is 3.99. The molecule has 1 aliphatic rings. The minimum Gasteiger partial charge on any atom is -0.462 e. The Hall–Kier alpha value is -2.84. The van der Waals surface area contributed by atoms with Crippen molar-refractivity contribution in [2.45, 2.75) is 20.3 Å². The molecule has 0 saturated heterocycles. The van der Waals surface area contributed by atoms with Crippen molar-refractivity contribution >= 4 is 39.6 Å². The topological polar surface area (TPSA) is 73.9 Å². The predicted octanol–water partition coefficient (Wildman–Crippen LogP) is 4.87. The fourth-order valence-corrected chi connectivity index (χ4v) is 4.92. The van der Waals surface area contributed by atoms with Crippen LogP contribution >= 0.6 is 22.7 Å². The molecule has 0 spiro atoms. The van der Waals surface area contributed by atoms with Crippen molar-refractivity contribution in [1.29, 1.82) is 0 Å². The second-order valence-corrected chi connectivity index (χ2v) is 8.42. The molecule has 1 amide bonds. The Morgan fingerprint density at radius 3 is 2.79 bits per heavy atom. The van der Waals surface area contributed by atoms with Gasteiger partial charge in [0.1, 0.15) is 5.00 Å². The molecule has 0 radical (unpaired) electrons. The highest BCUT2D eigenvalue weighted by Gasteiger charge is 2.24. The van der Waals surface area contributed by atoms with Crippen molar-refractivity contribution < 1.29 is 23.8 Å². The van der Waals surface area contributed by atoms with Crippen LogP contribution in [0.1, 0.15) is 43.0 Å². The lowest BCUT2D eigenvalue weighted by molar-refractivity contribution is 0.0527. The molecule has 6 nitrogen and oxygen atoms in total. The minimum absolute atomic E-state index is 0.225. The van der Waals surface area contributed by atoms with E-state index >= 15 is 0 Å². The quantitative estimate of drug-likeness (QED) is 0.566. The molecule has 0 atom stereocenters. The van der Waals surface area contributed by atoms with Gasteiger partial charge in [-0.05, 0) is 48.6 Å². The Kier molecular flexibility index (Phi) is 5.55. The number of hydrogen-bond acceptors (Lipinski definition) is 7. The Bertz CT molecular complexity index is 1060. The lowest BCUT2D eigenvalue weighted by Crippen LogP contribution is -2.13. The summed E-state index contributed by atoms with van der Waals surface area (Å²) in [5.74, 6) is 0.780. The van der Waals surface area contributed by atoms with Gasteiger partial charge in [-0.3, -0.25) is 4.79 Å². The number of ether oxygens (including phenoxy) is 3. The average molecular weight is 430 g/mol. The summed E-state index contributed by atoms with van der Waals surface area (Å²) in [6.07, 6.45) is 0.606. The van der Waals surface area contributed by atoms with Crippen molar-refractivity contribution in [3.8, 4) is 11.5 Å². The van der Waals surface area contributed by atoms with E-state index in [2.05, 4.69) is 5.32 Å². The Balaban J connectivity index is 1.65. The second kappa shape index (κ2) is 8.26. The van der Waals surface area contributed by atoms with E-state index in [0.717, 1.165) is 21.8 Å². The number of hydrogen-bond donors (Lipinski definition) is 1. The number of esters is 1. The maximum absolute atomic E-state index is 12.6. The van der Waals surface area contributed by atoms with Crippen LogP contribution in [0.3, 0.4) is 0 Å². The molecule has 0 unspecified atom stereocenters. The van der Waals surface area contributed by atoms with E-state index in [1.165, 1.54) is 22.7 Å². The third-order valence-corrected chi connectivity index (χ3v) is 6.57. The van der Waals surface area contributed by atoms with E-state index in [9.17, 15) is 9.59 Å². The molecule has 1 aromatic carbocycles. The van der Waals surface area contributed by atoms with E-state index in [1.54, 1.807) is 13.0 Å². The molecule has 4 rings (SSSR count). The second-order valence-electron chi connectivity index (χ2n) is 6.37. The Morgan fingerprint density at radius 1 is 1.21 bits per heavy atom. The maximum atomic E-state index is 12.6. The molecule has 3 heterocycles. The molecular formula is C21H19NO5S2. The summed E-state index contributed by atoms with van der Waals surface area (Å²) >= 11 is 2.74. The first-order valence-corrected chi connectivity index (χ1v) is 10.8. The molecule has 0 aliphatic carbocycles. The number of thiophene rings is 2. The monoisotopic (exact) mass is 429 g/mol. The molecule has 0 bridgehead atoms. The van der Waals surface area contributed by atoms with Gasteiger partial charge in [-0.25, -0.2) is 4.79 Å². The Labute approximate surface area is 176 Å². The van der Waals surface area contributed by atoms with Crippen molar-refractivity contribution in [2.24, 2.45) is 0 Å². The van der Waals surface area contributed by atoms with Gasteiger partial charge in [0.15, 0.2) is 11.5 Å². The van der Waals surface area contributed by atoms with Crippen LogP contribution in [0.15, 0.2) is 35.7 Å². The van der Waals surface area contributed by atoms with Crippen molar-refractivity contribution in [3.05, 3.63) is 62.2 Å². The van der Waals surface area contributed by atoms with Gasteiger partial charge in [0, 0.05) is 11.3 Å². The predicted molar refractivity (Wildman–Crippen MR) is 113 cm³/mol. The average Bonchev–Trinajstić information content (AvgIpc) is 3.43. The smallest absolute Gasteiger partial charge is 0.341 e. The molecule has 1 aliphatic heterocycles. The van der Waals surface area contributed by atoms with Gasteiger partial charge < -0.3 is 19.5 Å². The molecule has 29 heavy (non-hydrogen) atoms. The third-order valence-electron chi connectivity index (χ3n) is 4.50. The summed E-state index contributed by atoms with van der Waals surface area (Å²) in [5.41, 5.74) is 2.26. The van der Waals surface area contributed by atoms with Gasteiger partial charge in [0.2, 0.25) is 6.79 Å². The van der Waals surface area contributed by atoms with Crippen LogP contribution in [0.5, 0.6) is 11.5 Å². The number of amides is 1. The van der Waals surface area contributed by atoms with E-state index in [-0.39, 0.29) is 19.3 Å². The number of nitrogens with one attached hydrogen (secondary N) is 1. The first-order valence-electron chi connectivity index (χ1n) is 9.09. The van der Waals surface area contributed by atoms with Gasteiger partial charge in [0.05, 0.1) is 17.0 Å². The molecular weight excluding hydrogens is 410 g/mol. The van der Waals surface area contributed by atoms with Crippen LogP contribution in [0.25, 0.3) is 0 Å². The summed E-state index contributed by atoms with van der Waals surface area (Å²) in [4.78, 5) is 26.7. The van der Waals surface area contributed by atoms with Crippen LogP contribution in [0.2, 0.25) is 0 Å². The zero-order valence-electron chi connectivity index (χ0n) is 15.9. The molecule has 2 aromatic heterocycles. The van der Waals surface area contributed by atoms with Crippen LogP contribution in [-0.4, -0.2) is 25.3 Å². The zero-order valence-corrected chi connectivity index (χ0v) is 17.6. The van der Waals surface area contributed by atoms with Gasteiger partial charge >= 0.3 is 5.97 Å². The van der Waals surface area contributed by atoms with E-state index in [0.29, 0.717) is 27.6 Å². The maximum Gasteiger partial charge on any atom is 0.341 e. The van der Waals surface area contributed by atoms with Gasteiger partial charge in [-0.1, -0.05) is 12.1 Å². The summed E-state index contributed by atoms with van der Waals surface area (Å²) in [7, 11) is 0. The number of anilines is 1. The molecule has 8 heteroatoms. The lowest BCUT2D eigenvalue weighted by Gasteiger charge is -2.06. The van der Waals surface area contributed by atoms with Gasteiger partial charge in [-0.15, -0.1) is 22.7 Å². The number of fused-ring (bicyclic) bond motifs is 1. The highest BCUT2D eigenvalue weighted by atomic mass is 32.1. The molecule has 3 aromatic rings. The number of benzene rings is 1. The van der Waals surface area contributed by atoms with Crippen LogP contribution in [0.4, 0.5) is 5.00 Å².